The van der Waals surface area contributed by atoms with Gasteiger partial charge < -0.3 is 14.1 Å². The summed E-state index contributed by atoms with van der Waals surface area (Å²) in [6, 6.07) is 10.3. The van der Waals surface area contributed by atoms with Crippen LogP contribution in [0.2, 0.25) is 0 Å². The number of nitrogens with zero attached hydrogens (tertiary/aromatic N) is 1. The van der Waals surface area contributed by atoms with Crippen molar-refractivity contribution >= 4 is 38.4 Å². The molecule has 1 amide bonds. The molecular formula is C25H26BrNO3. The largest absolute Gasteiger partial charge is 0.496 e. The van der Waals surface area contributed by atoms with Crippen LogP contribution in [0.4, 0.5) is 0 Å². The molecule has 156 valence electrons. The zero-order chi connectivity index (χ0) is 21.3. The number of hydrogen-bond donors (Lipinski definition) is 0. The molecule has 4 nitrogen and oxygen atoms in total. The van der Waals surface area contributed by atoms with E-state index in [4.69, 9.17) is 9.15 Å². The molecule has 1 aromatic heterocycles. The number of rotatable bonds is 4. The van der Waals surface area contributed by atoms with Gasteiger partial charge in [-0.05, 0) is 62.4 Å². The van der Waals surface area contributed by atoms with E-state index in [0.717, 1.165) is 74.9 Å². The first-order valence-electron chi connectivity index (χ1n) is 10.3. The van der Waals surface area contributed by atoms with Gasteiger partial charge in [0.25, 0.3) is 0 Å². The van der Waals surface area contributed by atoms with E-state index in [1.807, 2.05) is 30.9 Å². The van der Waals surface area contributed by atoms with Crippen LogP contribution in [0.25, 0.3) is 27.7 Å². The zero-order valence-corrected chi connectivity index (χ0v) is 19.2. The predicted octanol–water partition coefficient (Wildman–Crippen LogP) is 6.60. The molecule has 0 unspecified atom stereocenters. The molecule has 0 bridgehead atoms. The predicted molar refractivity (Wildman–Crippen MR) is 125 cm³/mol. The maximum absolute atomic E-state index is 12.8. The van der Waals surface area contributed by atoms with E-state index < -0.39 is 0 Å². The van der Waals surface area contributed by atoms with Crippen molar-refractivity contribution in [2.45, 2.75) is 33.1 Å². The van der Waals surface area contributed by atoms with Gasteiger partial charge in [-0.1, -0.05) is 28.1 Å². The van der Waals surface area contributed by atoms with Crippen molar-refractivity contribution in [3.63, 3.8) is 0 Å². The lowest BCUT2D eigenvalue weighted by Crippen LogP contribution is -2.34. The Morgan fingerprint density at radius 2 is 1.87 bits per heavy atom. The highest BCUT2D eigenvalue weighted by Crippen LogP contribution is 2.40. The summed E-state index contributed by atoms with van der Waals surface area (Å²) < 4.78 is 12.7. The van der Waals surface area contributed by atoms with E-state index >= 15 is 0 Å². The molecule has 2 heterocycles. The Labute approximate surface area is 185 Å². The SMILES string of the molecule is COc1c(/C(C)=C/C(=O)N2CCCCC2)cc2c(-c3ccc(Br)cc3)coc2c1C. The van der Waals surface area contributed by atoms with Gasteiger partial charge in [0.2, 0.25) is 5.91 Å². The topological polar surface area (TPSA) is 42.7 Å². The summed E-state index contributed by atoms with van der Waals surface area (Å²) in [5.41, 5.74) is 5.68. The molecule has 4 rings (SSSR count). The Hall–Kier alpha value is -2.53. The third-order valence-corrected chi connectivity index (χ3v) is 6.36. The third-order valence-electron chi connectivity index (χ3n) is 5.84. The number of amides is 1. The van der Waals surface area contributed by atoms with Crippen LogP contribution >= 0.6 is 15.9 Å². The van der Waals surface area contributed by atoms with Crippen molar-refractivity contribution in [2.75, 3.05) is 20.2 Å². The minimum absolute atomic E-state index is 0.0762. The molecular weight excluding hydrogens is 442 g/mol. The summed E-state index contributed by atoms with van der Waals surface area (Å²) in [6.45, 7) is 5.66. The van der Waals surface area contributed by atoms with Crippen molar-refractivity contribution in [1.29, 1.82) is 0 Å². The number of aryl methyl sites for hydroxylation is 1. The number of benzene rings is 2. The molecule has 0 N–H and O–H groups in total. The fourth-order valence-corrected chi connectivity index (χ4v) is 4.46. The molecule has 1 saturated heterocycles. The number of hydrogen-bond acceptors (Lipinski definition) is 3. The number of methoxy groups -OCH3 is 1. The first-order chi connectivity index (χ1) is 14.5. The van der Waals surface area contributed by atoms with Crippen molar-refractivity contribution in [2.24, 2.45) is 0 Å². The van der Waals surface area contributed by atoms with Crippen LogP contribution in [-0.4, -0.2) is 31.0 Å². The van der Waals surface area contributed by atoms with Crippen LogP contribution in [0, 0.1) is 6.92 Å². The van der Waals surface area contributed by atoms with Crippen molar-refractivity contribution in [1.82, 2.24) is 4.90 Å². The van der Waals surface area contributed by atoms with Crippen molar-refractivity contribution < 1.29 is 13.9 Å². The second kappa shape index (κ2) is 8.68. The number of halogens is 1. The van der Waals surface area contributed by atoms with Crippen LogP contribution in [-0.2, 0) is 4.79 Å². The number of furan rings is 1. The maximum atomic E-state index is 12.8. The van der Waals surface area contributed by atoms with E-state index in [9.17, 15) is 4.79 Å². The number of carbonyl (C=O) groups excluding carboxylic acids is 1. The molecule has 0 aliphatic carbocycles. The molecule has 0 saturated carbocycles. The summed E-state index contributed by atoms with van der Waals surface area (Å²) in [7, 11) is 1.66. The Morgan fingerprint density at radius 1 is 1.17 bits per heavy atom. The normalized spacial score (nSPS) is 14.9. The number of ether oxygens (including phenoxy) is 1. The smallest absolute Gasteiger partial charge is 0.246 e. The van der Waals surface area contributed by atoms with Crippen LogP contribution < -0.4 is 4.74 Å². The standard InChI is InChI=1S/C25H26BrNO3/c1-16(13-23(28)27-11-5-4-6-12-27)20-14-21-22(18-7-9-19(26)10-8-18)15-30-25(21)17(2)24(20)29-3/h7-10,13-15H,4-6,11-12H2,1-3H3/b16-13+. The lowest BCUT2D eigenvalue weighted by molar-refractivity contribution is -0.126. The average Bonchev–Trinajstić information content (AvgIpc) is 3.19. The maximum Gasteiger partial charge on any atom is 0.246 e. The van der Waals surface area contributed by atoms with E-state index in [-0.39, 0.29) is 5.91 Å². The van der Waals surface area contributed by atoms with Crippen LogP contribution in [0.3, 0.4) is 0 Å². The van der Waals surface area contributed by atoms with E-state index in [1.165, 1.54) is 6.42 Å². The lowest BCUT2D eigenvalue weighted by Gasteiger charge is -2.25. The first-order valence-corrected chi connectivity index (χ1v) is 11.1. The summed E-state index contributed by atoms with van der Waals surface area (Å²) in [5, 5.41) is 1.02. The van der Waals surface area contributed by atoms with Gasteiger partial charge in [0.15, 0.2) is 0 Å². The highest BCUT2D eigenvalue weighted by molar-refractivity contribution is 9.10. The zero-order valence-electron chi connectivity index (χ0n) is 17.6. The fraction of sp³-hybridized carbons (Fsp3) is 0.320. The summed E-state index contributed by atoms with van der Waals surface area (Å²) in [4.78, 5) is 14.7. The second-order valence-corrected chi connectivity index (χ2v) is 8.74. The Kier molecular flexibility index (Phi) is 6.00. The molecule has 1 aliphatic rings. The van der Waals surface area contributed by atoms with Gasteiger partial charge in [0.1, 0.15) is 11.3 Å². The van der Waals surface area contributed by atoms with E-state index in [0.29, 0.717) is 0 Å². The van der Waals surface area contributed by atoms with Crippen LogP contribution in [0.15, 0.2) is 51.6 Å². The van der Waals surface area contributed by atoms with Gasteiger partial charge in [0.05, 0.1) is 13.4 Å². The highest BCUT2D eigenvalue weighted by atomic mass is 79.9. The van der Waals surface area contributed by atoms with Crippen molar-refractivity contribution in [3.8, 4) is 16.9 Å². The minimum Gasteiger partial charge on any atom is -0.496 e. The summed E-state index contributed by atoms with van der Waals surface area (Å²) in [6.07, 6.45) is 6.91. The van der Waals surface area contributed by atoms with Gasteiger partial charge in [-0.25, -0.2) is 0 Å². The molecule has 0 radical (unpaired) electrons. The van der Waals surface area contributed by atoms with Crippen LogP contribution in [0.5, 0.6) is 5.75 Å². The van der Waals surface area contributed by atoms with Gasteiger partial charge >= 0.3 is 0 Å². The molecule has 0 atom stereocenters. The monoisotopic (exact) mass is 467 g/mol. The lowest BCUT2D eigenvalue weighted by atomic mass is 9.96. The Balaban J connectivity index is 1.80. The summed E-state index contributed by atoms with van der Waals surface area (Å²) >= 11 is 3.49. The number of piperidine rings is 1. The molecule has 0 spiro atoms. The molecule has 30 heavy (non-hydrogen) atoms. The van der Waals surface area contributed by atoms with E-state index in [2.05, 4.69) is 34.1 Å². The fourth-order valence-electron chi connectivity index (χ4n) is 4.19. The van der Waals surface area contributed by atoms with Gasteiger partial charge in [-0.15, -0.1) is 0 Å². The van der Waals surface area contributed by atoms with E-state index in [1.54, 1.807) is 19.4 Å². The van der Waals surface area contributed by atoms with Crippen molar-refractivity contribution in [3.05, 3.63) is 58.3 Å². The van der Waals surface area contributed by atoms with Gasteiger partial charge in [-0.3, -0.25) is 4.79 Å². The molecule has 3 aromatic rings. The number of fused-ring (bicyclic) bond motifs is 1. The summed E-state index contributed by atoms with van der Waals surface area (Å²) in [5.74, 6) is 0.826. The van der Waals surface area contributed by atoms with Gasteiger partial charge in [0, 0.05) is 45.7 Å². The number of likely N-dealkylation sites (tertiary alicyclic amines) is 1. The average molecular weight is 468 g/mol. The number of allylic oxidation sites excluding steroid dienone is 1. The third kappa shape index (κ3) is 3.91. The quantitative estimate of drug-likeness (QED) is 0.406. The number of carbonyl (C=O) groups is 1. The second-order valence-electron chi connectivity index (χ2n) is 7.83. The Morgan fingerprint density at radius 3 is 2.53 bits per heavy atom. The van der Waals surface area contributed by atoms with Gasteiger partial charge in [-0.2, -0.15) is 0 Å². The highest BCUT2D eigenvalue weighted by Gasteiger charge is 2.20. The molecule has 2 aromatic carbocycles. The Bertz CT molecular complexity index is 1110. The molecule has 5 heteroatoms. The van der Waals surface area contributed by atoms with Crippen LogP contribution in [0.1, 0.15) is 37.3 Å². The minimum atomic E-state index is 0.0762. The first kappa shape index (κ1) is 20.7. The molecule has 1 fully saturated rings. The molecule has 1 aliphatic heterocycles.